The van der Waals surface area contributed by atoms with Crippen molar-refractivity contribution in [3.63, 3.8) is 0 Å². The number of methoxy groups -OCH3 is 1. The molecule has 1 aliphatic heterocycles. The Morgan fingerprint density at radius 1 is 1.21 bits per heavy atom. The van der Waals surface area contributed by atoms with Crippen LogP contribution in [-0.2, 0) is 6.54 Å². The number of nitrogens with zero attached hydrogens (tertiary/aromatic N) is 4. The molecule has 0 saturated carbocycles. The molecule has 1 aromatic heterocycles. The molecule has 144 valence electrons. The normalized spacial score (nSPS) is 13.7. The number of hydrogen-bond donors (Lipinski definition) is 0. The summed E-state index contributed by atoms with van der Waals surface area (Å²) in [6.45, 7) is 3.24. The predicted molar refractivity (Wildman–Crippen MR) is 108 cm³/mol. The smallest absolute Gasteiger partial charge is 0.284 e. The molecule has 28 heavy (non-hydrogen) atoms. The first kappa shape index (κ1) is 18.5. The van der Waals surface area contributed by atoms with Gasteiger partial charge >= 0.3 is 0 Å². The van der Waals surface area contributed by atoms with Crippen molar-refractivity contribution < 1.29 is 14.3 Å². The molecule has 0 fully saturated rings. The van der Waals surface area contributed by atoms with E-state index in [0.717, 1.165) is 27.0 Å². The van der Waals surface area contributed by atoms with Crippen molar-refractivity contribution in [2.24, 2.45) is 0 Å². The molecule has 0 N–H and O–H groups in total. The number of halogens is 1. The number of hydrogen-bond acceptors (Lipinski definition) is 5. The second kappa shape index (κ2) is 7.63. The van der Waals surface area contributed by atoms with E-state index in [1.807, 2.05) is 49.4 Å². The van der Waals surface area contributed by atoms with Gasteiger partial charge in [-0.3, -0.25) is 4.79 Å². The maximum atomic E-state index is 13.1. The molecule has 0 aliphatic carbocycles. The Hall–Kier alpha value is -2.87. The summed E-state index contributed by atoms with van der Waals surface area (Å²) in [4.78, 5) is 14.8. The first-order valence-electron chi connectivity index (χ1n) is 8.84. The number of carbonyl (C=O) groups is 1. The number of aromatic nitrogens is 3. The molecular weight excluding hydrogens is 424 g/mol. The van der Waals surface area contributed by atoms with Gasteiger partial charge in [-0.25, -0.2) is 4.68 Å². The lowest BCUT2D eigenvalue weighted by atomic mass is 10.1. The van der Waals surface area contributed by atoms with Crippen LogP contribution >= 0.6 is 15.9 Å². The summed E-state index contributed by atoms with van der Waals surface area (Å²) in [5, 5.41) is 8.26. The highest BCUT2D eigenvalue weighted by molar-refractivity contribution is 9.10. The molecule has 0 spiro atoms. The van der Waals surface area contributed by atoms with Gasteiger partial charge in [0.05, 0.1) is 20.2 Å². The van der Waals surface area contributed by atoms with Crippen LogP contribution in [0.4, 0.5) is 5.69 Å². The highest BCUT2D eigenvalue weighted by Gasteiger charge is 2.30. The summed E-state index contributed by atoms with van der Waals surface area (Å²) in [7, 11) is 1.63. The number of aryl methyl sites for hydroxylation is 1. The Balaban J connectivity index is 1.62. The predicted octanol–water partition coefficient (Wildman–Crippen LogP) is 3.45. The third-order valence-electron chi connectivity index (χ3n) is 4.63. The largest absolute Gasteiger partial charge is 0.497 e. The number of anilines is 1. The second-order valence-corrected chi connectivity index (χ2v) is 7.40. The Labute approximate surface area is 171 Å². The monoisotopic (exact) mass is 442 g/mol. The van der Waals surface area contributed by atoms with Crippen molar-refractivity contribution in [3.05, 3.63) is 63.8 Å². The van der Waals surface area contributed by atoms with Gasteiger partial charge in [0.1, 0.15) is 12.4 Å². The van der Waals surface area contributed by atoms with Crippen molar-refractivity contribution in [1.82, 2.24) is 15.0 Å². The van der Waals surface area contributed by atoms with E-state index in [1.165, 1.54) is 0 Å². The maximum Gasteiger partial charge on any atom is 0.284 e. The zero-order valence-electron chi connectivity index (χ0n) is 15.6. The molecule has 8 heteroatoms. The first-order valence-corrected chi connectivity index (χ1v) is 9.63. The van der Waals surface area contributed by atoms with Gasteiger partial charge in [-0.05, 0) is 48.4 Å². The van der Waals surface area contributed by atoms with Gasteiger partial charge in [0.2, 0.25) is 11.6 Å². The average Bonchev–Trinajstić information content (AvgIpc) is 3.00. The Morgan fingerprint density at radius 2 is 2.00 bits per heavy atom. The van der Waals surface area contributed by atoms with E-state index in [4.69, 9.17) is 9.47 Å². The summed E-state index contributed by atoms with van der Waals surface area (Å²) >= 11 is 3.46. The van der Waals surface area contributed by atoms with E-state index < -0.39 is 0 Å². The van der Waals surface area contributed by atoms with Gasteiger partial charge in [-0.2, -0.15) is 0 Å². The van der Waals surface area contributed by atoms with Gasteiger partial charge in [-0.15, -0.1) is 5.10 Å². The molecule has 4 rings (SSSR count). The summed E-state index contributed by atoms with van der Waals surface area (Å²) < 4.78 is 13.6. The first-order chi connectivity index (χ1) is 13.6. The number of amides is 1. The molecule has 3 aromatic rings. The minimum atomic E-state index is -0.209. The number of benzene rings is 2. The van der Waals surface area contributed by atoms with E-state index in [1.54, 1.807) is 16.7 Å². The van der Waals surface area contributed by atoms with Gasteiger partial charge < -0.3 is 14.4 Å². The SMILES string of the molecule is COc1ccc(Cn2nnc3c2OCCN(c2ccc(Br)cc2C)C3=O)cc1. The van der Waals surface area contributed by atoms with E-state index in [9.17, 15) is 4.79 Å². The number of fused-ring (bicyclic) bond motifs is 1. The third kappa shape index (κ3) is 3.47. The molecule has 1 aliphatic rings. The average molecular weight is 443 g/mol. The van der Waals surface area contributed by atoms with Crippen LogP contribution in [0.2, 0.25) is 0 Å². The van der Waals surface area contributed by atoms with Crippen molar-refractivity contribution in [3.8, 4) is 11.6 Å². The third-order valence-corrected chi connectivity index (χ3v) is 5.13. The van der Waals surface area contributed by atoms with E-state index in [2.05, 4.69) is 26.2 Å². The molecule has 2 aromatic carbocycles. The summed E-state index contributed by atoms with van der Waals surface area (Å²) in [5.74, 6) is 0.977. The maximum absolute atomic E-state index is 13.1. The zero-order chi connectivity index (χ0) is 19.7. The fourth-order valence-corrected chi connectivity index (χ4v) is 3.68. The van der Waals surface area contributed by atoms with Crippen LogP contribution in [0, 0.1) is 6.92 Å². The Morgan fingerprint density at radius 3 is 2.71 bits per heavy atom. The number of carbonyl (C=O) groups excluding carboxylic acids is 1. The second-order valence-electron chi connectivity index (χ2n) is 6.48. The summed E-state index contributed by atoms with van der Waals surface area (Å²) in [6, 6.07) is 13.5. The van der Waals surface area contributed by atoms with E-state index in [0.29, 0.717) is 25.6 Å². The highest BCUT2D eigenvalue weighted by atomic mass is 79.9. The van der Waals surface area contributed by atoms with Crippen molar-refractivity contribution >= 4 is 27.5 Å². The van der Waals surface area contributed by atoms with Crippen molar-refractivity contribution in [1.29, 1.82) is 0 Å². The lowest BCUT2D eigenvalue weighted by Gasteiger charge is -2.21. The molecule has 0 atom stereocenters. The van der Waals surface area contributed by atoms with Crippen LogP contribution < -0.4 is 14.4 Å². The minimum Gasteiger partial charge on any atom is -0.497 e. The van der Waals surface area contributed by atoms with Crippen LogP contribution in [0.3, 0.4) is 0 Å². The lowest BCUT2D eigenvalue weighted by molar-refractivity contribution is 0.0985. The molecule has 0 saturated heterocycles. The summed E-state index contributed by atoms with van der Waals surface area (Å²) in [5.41, 5.74) is 3.08. The fraction of sp³-hybridized carbons (Fsp3) is 0.250. The van der Waals surface area contributed by atoms with Crippen molar-refractivity contribution in [2.45, 2.75) is 13.5 Å². The molecular formula is C20H19BrN4O3. The topological polar surface area (TPSA) is 69.5 Å². The Kier molecular flexibility index (Phi) is 5.04. The van der Waals surface area contributed by atoms with Gasteiger partial charge in [-0.1, -0.05) is 33.3 Å². The van der Waals surface area contributed by atoms with Gasteiger partial charge in [0, 0.05) is 10.2 Å². The van der Waals surface area contributed by atoms with E-state index >= 15 is 0 Å². The van der Waals surface area contributed by atoms with Crippen LogP contribution in [0.15, 0.2) is 46.9 Å². The number of rotatable bonds is 4. The van der Waals surface area contributed by atoms with Crippen LogP contribution in [0.1, 0.15) is 21.6 Å². The quantitative estimate of drug-likeness (QED) is 0.618. The van der Waals surface area contributed by atoms with Crippen LogP contribution in [0.5, 0.6) is 11.6 Å². The molecule has 0 bridgehead atoms. The van der Waals surface area contributed by atoms with Gasteiger partial charge in [0.25, 0.3) is 5.91 Å². The minimum absolute atomic E-state index is 0.209. The highest BCUT2D eigenvalue weighted by Crippen LogP contribution is 2.29. The zero-order valence-corrected chi connectivity index (χ0v) is 17.1. The molecule has 0 unspecified atom stereocenters. The molecule has 2 heterocycles. The summed E-state index contributed by atoms with van der Waals surface area (Å²) in [6.07, 6.45) is 0. The molecule has 7 nitrogen and oxygen atoms in total. The van der Waals surface area contributed by atoms with Crippen LogP contribution in [0.25, 0.3) is 0 Å². The fourth-order valence-electron chi connectivity index (χ4n) is 3.20. The number of ether oxygens (including phenoxy) is 2. The standard InChI is InChI=1S/C20H19BrN4O3/c1-13-11-15(21)5-8-17(13)24-9-10-28-20-18(19(24)26)22-23-25(20)12-14-3-6-16(27-2)7-4-14/h3-8,11H,9-10,12H2,1-2H3. The van der Waals surface area contributed by atoms with Crippen molar-refractivity contribution in [2.75, 3.05) is 25.2 Å². The molecule has 1 amide bonds. The van der Waals surface area contributed by atoms with Gasteiger partial charge in [0.15, 0.2) is 0 Å². The van der Waals surface area contributed by atoms with E-state index in [-0.39, 0.29) is 11.6 Å². The van der Waals surface area contributed by atoms with Crippen LogP contribution in [-0.4, -0.2) is 41.2 Å². The Bertz CT molecular complexity index is 1020. The molecule has 0 radical (unpaired) electrons. The lowest BCUT2D eigenvalue weighted by Crippen LogP contribution is -2.33.